The Morgan fingerprint density at radius 2 is 1.94 bits per heavy atom. The molecule has 3 rings (SSSR count). The number of aromatic nitrogens is 2. The zero-order valence-corrected chi connectivity index (χ0v) is 20.0. The zero-order chi connectivity index (χ0) is 23.8. The number of carbonyl (C=O) groups is 2. The number of carbonyl (C=O) groups excluding carboxylic acids is 2. The summed E-state index contributed by atoms with van der Waals surface area (Å²) in [6, 6.07) is 8.76. The first-order chi connectivity index (χ1) is 15.8. The molecule has 33 heavy (non-hydrogen) atoms. The van der Waals surface area contributed by atoms with Gasteiger partial charge < -0.3 is 11.1 Å². The molecule has 0 bridgehead atoms. The molecule has 7 nitrogen and oxygen atoms in total. The van der Waals surface area contributed by atoms with E-state index in [1.54, 1.807) is 29.5 Å². The van der Waals surface area contributed by atoms with Crippen molar-refractivity contribution in [1.82, 2.24) is 15.5 Å². The Balaban J connectivity index is 1.57. The van der Waals surface area contributed by atoms with Crippen LogP contribution in [-0.2, 0) is 16.0 Å². The van der Waals surface area contributed by atoms with E-state index in [2.05, 4.69) is 20.8 Å². The third kappa shape index (κ3) is 7.85. The third-order valence-electron chi connectivity index (χ3n) is 4.62. The van der Waals surface area contributed by atoms with Crippen molar-refractivity contribution in [2.45, 2.75) is 38.8 Å². The lowest BCUT2D eigenvalue weighted by Gasteiger charge is -2.19. The second kappa shape index (κ2) is 11.8. The lowest BCUT2D eigenvalue weighted by atomic mass is 10.0. The van der Waals surface area contributed by atoms with E-state index < -0.39 is 6.04 Å². The number of thiophene rings is 1. The zero-order valence-electron chi connectivity index (χ0n) is 18.3. The van der Waals surface area contributed by atoms with E-state index in [4.69, 9.17) is 5.73 Å². The van der Waals surface area contributed by atoms with E-state index in [-0.39, 0.29) is 23.7 Å². The number of halogens is 1. The fourth-order valence-corrected chi connectivity index (χ4v) is 4.57. The van der Waals surface area contributed by atoms with Crippen molar-refractivity contribution in [2.75, 3.05) is 5.32 Å². The Morgan fingerprint density at radius 1 is 1.18 bits per heavy atom. The molecule has 4 N–H and O–H groups in total. The molecule has 1 aromatic carbocycles. The summed E-state index contributed by atoms with van der Waals surface area (Å²) in [7, 11) is 0. The molecule has 174 valence electrons. The molecule has 0 fully saturated rings. The summed E-state index contributed by atoms with van der Waals surface area (Å²) in [6.45, 7) is 4.08. The maximum atomic E-state index is 13.1. The number of hydrogen-bond acceptors (Lipinski definition) is 7. The number of hydrogen-bond donors (Lipinski definition) is 3. The second-order valence-corrected chi connectivity index (χ2v) is 9.91. The number of nitrogens with zero attached hydrogens (tertiary/aromatic N) is 2. The van der Waals surface area contributed by atoms with Crippen molar-refractivity contribution in [3.05, 3.63) is 64.6 Å². The van der Waals surface area contributed by atoms with Gasteiger partial charge >= 0.3 is 0 Å². The van der Waals surface area contributed by atoms with Crippen LogP contribution in [0.1, 0.15) is 25.1 Å². The van der Waals surface area contributed by atoms with Gasteiger partial charge in [0.05, 0.1) is 6.04 Å². The Bertz CT molecular complexity index is 1080. The van der Waals surface area contributed by atoms with Gasteiger partial charge in [-0.05, 0) is 48.1 Å². The second-order valence-electron chi connectivity index (χ2n) is 7.90. The summed E-state index contributed by atoms with van der Waals surface area (Å²) < 4.78 is 13.1. The van der Waals surface area contributed by atoms with Crippen molar-refractivity contribution in [3.63, 3.8) is 0 Å². The molecule has 0 aliphatic heterocycles. The quantitative estimate of drug-likeness (QED) is 0.375. The number of nitrogens with two attached hydrogens (primary N) is 1. The standard InChI is InChI=1S/C23H26FN5O2S2/c1-14(2)12-17(26-21(31)19(25)13-18-4-3-11-32-18)9-10-20(30)27-23-29-28-22(33-23)15-5-7-16(24)8-6-15/h3-11,14,17,19H,12-13,25H2,1-2H3,(H,26,31)(H,27,29,30)/t17?,19-/m0/s1. The van der Waals surface area contributed by atoms with Gasteiger partial charge in [0, 0.05) is 29.0 Å². The van der Waals surface area contributed by atoms with E-state index in [0.717, 1.165) is 4.88 Å². The molecule has 0 saturated carbocycles. The van der Waals surface area contributed by atoms with E-state index in [1.165, 1.54) is 29.5 Å². The Kier molecular flexibility index (Phi) is 8.81. The van der Waals surface area contributed by atoms with Crippen LogP contribution in [-0.4, -0.2) is 34.1 Å². The third-order valence-corrected chi connectivity index (χ3v) is 6.40. The predicted octanol–water partition coefficient (Wildman–Crippen LogP) is 4.00. The summed E-state index contributed by atoms with van der Waals surface area (Å²) in [5, 5.41) is 16.4. The lowest BCUT2D eigenvalue weighted by molar-refractivity contribution is -0.122. The molecular weight excluding hydrogens is 461 g/mol. The Labute approximate surface area is 199 Å². The average Bonchev–Trinajstić information content (AvgIpc) is 3.44. The number of amides is 2. The van der Waals surface area contributed by atoms with E-state index >= 15 is 0 Å². The van der Waals surface area contributed by atoms with E-state index in [1.807, 2.05) is 31.4 Å². The molecule has 0 saturated heterocycles. The van der Waals surface area contributed by atoms with Gasteiger partial charge in [0.1, 0.15) is 10.8 Å². The van der Waals surface area contributed by atoms with Gasteiger partial charge in [-0.25, -0.2) is 4.39 Å². The maximum absolute atomic E-state index is 13.1. The maximum Gasteiger partial charge on any atom is 0.249 e. The number of rotatable bonds is 10. The van der Waals surface area contributed by atoms with Crippen LogP contribution in [0.2, 0.25) is 0 Å². The highest BCUT2D eigenvalue weighted by atomic mass is 32.1. The van der Waals surface area contributed by atoms with Crippen LogP contribution < -0.4 is 16.4 Å². The normalized spacial score (nSPS) is 13.2. The van der Waals surface area contributed by atoms with Crippen LogP contribution in [0.25, 0.3) is 10.6 Å². The molecule has 3 aromatic rings. The molecule has 2 aromatic heterocycles. The highest BCUT2D eigenvalue weighted by Gasteiger charge is 2.19. The molecule has 10 heteroatoms. The van der Waals surface area contributed by atoms with Gasteiger partial charge in [0.2, 0.25) is 16.9 Å². The summed E-state index contributed by atoms with van der Waals surface area (Å²) in [5.41, 5.74) is 6.77. The number of nitrogens with one attached hydrogen (secondary N) is 2. The minimum Gasteiger partial charge on any atom is -0.349 e. The molecule has 2 atom stereocenters. The van der Waals surface area contributed by atoms with Gasteiger partial charge in [0.25, 0.3) is 0 Å². The van der Waals surface area contributed by atoms with Crippen LogP contribution in [0.15, 0.2) is 53.9 Å². The van der Waals surface area contributed by atoms with Crippen LogP contribution in [0.5, 0.6) is 0 Å². The fraction of sp³-hybridized carbons (Fsp3) is 0.304. The minimum absolute atomic E-state index is 0.257. The first-order valence-corrected chi connectivity index (χ1v) is 12.2. The topological polar surface area (TPSA) is 110 Å². The molecule has 0 spiro atoms. The molecule has 0 radical (unpaired) electrons. The van der Waals surface area contributed by atoms with Gasteiger partial charge in [-0.2, -0.15) is 0 Å². The van der Waals surface area contributed by atoms with Crippen molar-refractivity contribution < 1.29 is 14.0 Å². The van der Waals surface area contributed by atoms with Crippen LogP contribution in [0.4, 0.5) is 9.52 Å². The molecule has 0 aliphatic carbocycles. The van der Waals surface area contributed by atoms with Crippen LogP contribution in [0.3, 0.4) is 0 Å². The first kappa shape index (κ1) is 24.7. The summed E-state index contributed by atoms with van der Waals surface area (Å²) in [4.78, 5) is 26.0. The molecule has 1 unspecified atom stereocenters. The minimum atomic E-state index is -0.660. The first-order valence-electron chi connectivity index (χ1n) is 10.5. The summed E-state index contributed by atoms with van der Waals surface area (Å²) >= 11 is 2.75. The summed E-state index contributed by atoms with van der Waals surface area (Å²) in [6.07, 6.45) is 4.16. The fourth-order valence-electron chi connectivity index (χ4n) is 3.05. The number of anilines is 1. The smallest absolute Gasteiger partial charge is 0.249 e. The lowest BCUT2D eigenvalue weighted by Crippen LogP contribution is -2.46. The Morgan fingerprint density at radius 3 is 2.61 bits per heavy atom. The van der Waals surface area contributed by atoms with Gasteiger partial charge in [-0.15, -0.1) is 21.5 Å². The largest absolute Gasteiger partial charge is 0.349 e. The van der Waals surface area contributed by atoms with Crippen molar-refractivity contribution >= 4 is 39.6 Å². The van der Waals surface area contributed by atoms with E-state index in [9.17, 15) is 14.0 Å². The van der Waals surface area contributed by atoms with Crippen molar-refractivity contribution in [3.8, 4) is 10.6 Å². The summed E-state index contributed by atoms with van der Waals surface area (Å²) in [5.74, 6) is -0.676. The van der Waals surface area contributed by atoms with Gasteiger partial charge in [-0.3, -0.25) is 14.9 Å². The highest BCUT2D eigenvalue weighted by Crippen LogP contribution is 2.26. The Hall–Kier alpha value is -2.95. The van der Waals surface area contributed by atoms with Crippen molar-refractivity contribution in [1.29, 1.82) is 0 Å². The SMILES string of the molecule is CC(C)CC(C=CC(=O)Nc1nnc(-c2ccc(F)cc2)s1)NC(=O)[C@@H](N)Cc1cccs1. The van der Waals surface area contributed by atoms with Gasteiger partial charge in [0.15, 0.2) is 0 Å². The van der Waals surface area contributed by atoms with Crippen LogP contribution in [0, 0.1) is 11.7 Å². The predicted molar refractivity (Wildman–Crippen MR) is 130 cm³/mol. The van der Waals surface area contributed by atoms with Crippen molar-refractivity contribution in [2.24, 2.45) is 11.7 Å². The van der Waals surface area contributed by atoms with E-state index in [0.29, 0.717) is 34.5 Å². The van der Waals surface area contributed by atoms with Crippen LogP contribution >= 0.6 is 22.7 Å². The molecule has 2 heterocycles. The van der Waals surface area contributed by atoms with Gasteiger partial charge in [-0.1, -0.05) is 37.3 Å². The monoisotopic (exact) mass is 487 g/mol. The highest BCUT2D eigenvalue weighted by molar-refractivity contribution is 7.18. The molecular formula is C23H26FN5O2S2. The molecule has 0 aliphatic rings. The molecule has 2 amide bonds. The number of benzene rings is 1. The average molecular weight is 488 g/mol.